The average molecular weight is 300 g/mol. The first-order chi connectivity index (χ1) is 10.5. The first-order valence-electron chi connectivity index (χ1n) is 6.91. The Kier molecular flexibility index (Phi) is 5.25. The summed E-state index contributed by atoms with van der Waals surface area (Å²) in [5, 5.41) is 2.60. The Bertz CT molecular complexity index is 659. The number of nitrogens with one attached hydrogen (secondary N) is 1. The van der Waals surface area contributed by atoms with Crippen LogP contribution in [0.25, 0.3) is 0 Å². The lowest BCUT2D eigenvalue weighted by molar-refractivity contribution is -0.127. The number of primary amides is 1. The Morgan fingerprint density at radius 1 is 1.05 bits per heavy atom. The normalized spacial score (nSPS) is 11.7. The zero-order valence-electron chi connectivity index (χ0n) is 12.0. The van der Waals surface area contributed by atoms with Crippen molar-refractivity contribution in [3.63, 3.8) is 0 Å². The first-order valence-corrected chi connectivity index (χ1v) is 6.91. The molecule has 22 heavy (non-hydrogen) atoms. The number of rotatable bonds is 6. The summed E-state index contributed by atoms with van der Waals surface area (Å²) in [6.45, 7) is 0. The summed E-state index contributed by atoms with van der Waals surface area (Å²) in [6.07, 6.45) is 0.321. The fourth-order valence-electron chi connectivity index (χ4n) is 2.15. The minimum absolute atomic E-state index is 0.160. The topological polar surface area (TPSA) is 72.2 Å². The fourth-order valence-corrected chi connectivity index (χ4v) is 2.15. The molecule has 0 bridgehead atoms. The fraction of sp³-hybridized carbons (Fsp3) is 0.176. The number of hydrogen-bond acceptors (Lipinski definition) is 2. The van der Waals surface area contributed by atoms with E-state index in [1.165, 1.54) is 12.1 Å². The molecule has 4 nitrogen and oxygen atoms in total. The third-order valence-electron chi connectivity index (χ3n) is 3.22. The van der Waals surface area contributed by atoms with Crippen LogP contribution >= 0.6 is 0 Å². The van der Waals surface area contributed by atoms with Crippen LogP contribution < -0.4 is 11.1 Å². The van der Waals surface area contributed by atoms with E-state index in [-0.39, 0.29) is 18.7 Å². The van der Waals surface area contributed by atoms with Crippen molar-refractivity contribution in [2.75, 3.05) is 0 Å². The van der Waals surface area contributed by atoms with Gasteiger partial charge in [0.25, 0.3) is 0 Å². The van der Waals surface area contributed by atoms with E-state index >= 15 is 0 Å². The Balaban J connectivity index is 1.99. The number of amides is 2. The summed E-state index contributed by atoms with van der Waals surface area (Å²) in [5.41, 5.74) is 6.76. The third-order valence-corrected chi connectivity index (χ3v) is 3.22. The van der Waals surface area contributed by atoms with Crippen molar-refractivity contribution in [1.82, 2.24) is 5.32 Å². The summed E-state index contributed by atoms with van der Waals surface area (Å²) in [5.74, 6) is -1.34. The van der Waals surface area contributed by atoms with E-state index in [0.717, 1.165) is 5.56 Å². The van der Waals surface area contributed by atoms with E-state index in [2.05, 4.69) is 5.32 Å². The van der Waals surface area contributed by atoms with Crippen molar-refractivity contribution in [2.24, 2.45) is 5.73 Å². The maximum Gasteiger partial charge on any atom is 0.240 e. The molecule has 2 rings (SSSR count). The lowest BCUT2D eigenvalue weighted by Gasteiger charge is -2.15. The van der Waals surface area contributed by atoms with E-state index in [4.69, 9.17) is 5.73 Å². The molecule has 0 radical (unpaired) electrons. The summed E-state index contributed by atoms with van der Waals surface area (Å²) < 4.78 is 13.2. The van der Waals surface area contributed by atoms with Gasteiger partial charge in [-0.3, -0.25) is 9.59 Å². The van der Waals surface area contributed by atoms with Gasteiger partial charge in [0, 0.05) is 6.42 Å². The number of carbonyl (C=O) groups is 2. The Morgan fingerprint density at radius 3 is 2.36 bits per heavy atom. The molecule has 1 atom stereocenters. The van der Waals surface area contributed by atoms with Crippen LogP contribution in [0.5, 0.6) is 0 Å². The second-order valence-electron chi connectivity index (χ2n) is 5.02. The van der Waals surface area contributed by atoms with Crippen molar-refractivity contribution in [3.05, 3.63) is 71.5 Å². The molecule has 0 unspecified atom stereocenters. The molecule has 3 N–H and O–H groups in total. The number of carbonyl (C=O) groups excluding carboxylic acids is 2. The van der Waals surface area contributed by atoms with Crippen molar-refractivity contribution < 1.29 is 14.0 Å². The molecule has 0 aliphatic carbocycles. The molecule has 0 aliphatic rings. The molecule has 5 heteroatoms. The van der Waals surface area contributed by atoms with E-state index in [9.17, 15) is 14.0 Å². The van der Waals surface area contributed by atoms with Gasteiger partial charge in [-0.15, -0.1) is 0 Å². The van der Waals surface area contributed by atoms with Crippen molar-refractivity contribution in [1.29, 1.82) is 0 Å². The van der Waals surface area contributed by atoms with Crippen LogP contribution in [0.4, 0.5) is 4.39 Å². The van der Waals surface area contributed by atoms with Gasteiger partial charge in [0.1, 0.15) is 11.9 Å². The molecule has 0 saturated carbocycles. The van der Waals surface area contributed by atoms with Crippen LogP contribution in [0.1, 0.15) is 11.1 Å². The number of nitrogens with two attached hydrogens (primary N) is 1. The first kappa shape index (κ1) is 15.7. The van der Waals surface area contributed by atoms with Crippen LogP contribution in [0.2, 0.25) is 0 Å². The zero-order valence-corrected chi connectivity index (χ0v) is 12.0. The molecular weight excluding hydrogens is 283 g/mol. The molecule has 0 spiro atoms. The highest BCUT2D eigenvalue weighted by Gasteiger charge is 2.18. The van der Waals surface area contributed by atoms with Crippen LogP contribution in [-0.4, -0.2) is 17.9 Å². The van der Waals surface area contributed by atoms with Gasteiger partial charge in [-0.25, -0.2) is 4.39 Å². The van der Waals surface area contributed by atoms with E-state index in [1.54, 1.807) is 12.1 Å². The van der Waals surface area contributed by atoms with Gasteiger partial charge < -0.3 is 11.1 Å². The highest BCUT2D eigenvalue weighted by molar-refractivity contribution is 5.87. The van der Waals surface area contributed by atoms with Gasteiger partial charge in [0.05, 0.1) is 6.42 Å². The predicted octanol–water partition coefficient (Wildman–Crippen LogP) is 1.58. The molecule has 2 amide bonds. The Labute approximate surface area is 128 Å². The second kappa shape index (κ2) is 7.36. The van der Waals surface area contributed by atoms with Gasteiger partial charge in [-0.05, 0) is 23.3 Å². The van der Waals surface area contributed by atoms with Gasteiger partial charge in [-0.2, -0.15) is 0 Å². The van der Waals surface area contributed by atoms with Crippen LogP contribution in [0, 0.1) is 5.82 Å². The molecular formula is C17H17FN2O2. The van der Waals surface area contributed by atoms with E-state index < -0.39 is 17.8 Å². The summed E-state index contributed by atoms with van der Waals surface area (Å²) >= 11 is 0. The molecule has 2 aromatic carbocycles. The summed E-state index contributed by atoms with van der Waals surface area (Å²) in [7, 11) is 0. The van der Waals surface area contributed by atoms with Gasteiger partial charge in [0.2, 0.25) is 11.8 Å². The molecule has 114 valence electrons. The van der Waals surface area contributed by atoms with Crippen molar-refractivity contribution in [2.45, 2.75) is 18.9 Å². The predicted molar refractivity (Wildman–Crippen MR) is 81.4 cm³/mol. The zero-order chi connectivity index (χ0) is 15.9. The number of halogens is 1. The largest absolute Gasteiger partial charge is 0.368 e. The smallest absolute Gasteiger partial charge is 0.240 e. The lowest BCUT2D eigenvalue weighted by atomic mass is 10.0. The standard InChI is InChI=1S/C17H17FN2O2/c18-14-8-4-7-13(9-14)10-15(17(19)22)20-16(21)11-12-5-2-1-3-6-12/h1-9,15H,10-11H2,(H2,19,22)(H,20,21)/t15-/m0/s1. The highest BCUT2D eigenvalue weighted by atomic mass is 19.1. The van der Waals surface area contributed by atoms with Gasteiger partial charge >= 0.3 is 0 Å². The van der Waals surface area contributed by atoms with Crippen LogP contribution in [0.15, 0.2) is 54.6 Å². The van der Waals surface area contributed by atoms with Gasteiger partial charge in [0.15, 0.2) is 0 Å². The van der Waals surface area contributed by atoms with E-state index in [0.29, 0.717) is 5.56 Å². The van der Waals surface area contributed by atoms with Gasteiger partial charge in [-0.1, -0.05) is 42.5 Å². The molecule has 0 heterocycles. The molecule has 0 saturated heterocycles. The maximum atomic E-state index is 13.2. The number of benzene rings is 2. The Morgan fingerprint density at radius 2 is 1.73 bits per heavy atom. The molecule has 2 aromatic rings. The minimum atomic E-state index is -0.863. The maximum absolute atomic E-state index is 13.2. The van der Waals surface area contributed by atoms with Crippen LogP contribution in [-0.2, 0) is 22.4 Å². The minimum Gasteiger partial charge on any atom is -0.368 e. The van der Waals surface area contributed by atoms with E-state index in [1.807, 2.05) is 30.3 Å². The molecule has 0 aliphatic heterocycles. The summed E-state index contributed by atoms with van der Waals surface area (Å²) in [6, 6.07) is 14.2. The second-order valence-corrected chi connectivity index (χ2v) is 5.02. The molecule has 0 fully saturated rings. The highest BCUT2D eigenvalue weighted by Crippen LogP contribution is 2.07. The van der Waals surface area contributed by atoms with Crippen molar-refractivity contribution >= 4 is 11.8 Å². The summed E-state index contributed by atoms with van der Waals surface area (Å²) in [4.78, 5) is 23.5. The number of hydrogen-bond donors (Lipinski definition) is 2. The van der Waals surface area contributed by atoms with Crippen LogP contribution in [0.3, 0.4) is 0 Å². The lowest BCUT2D eigenvalue weighted by Crippen LogP contribution is -2.46. The third kappa shape index (κ3) is 4.70. The molecule has 0 aromatic heterocycles. The SMILES string of the molecule is NC(=O)[C@H](Cc1cccc(F)c1)NC(=O)Cc1ccccc1. The average Bonchev–Trinajstić information content (AvgIpc) is 2.47. The Hall–Kier alpha value is -2.69. The van der Waals surface area contributed by atoms with Crippen molar-refractivity contribution in [3.8, 4) is 0 Å². The quantitative estimate of drug-likeness (QED) is 0.850. The monoisotopic (exact) mass is 300 g/mol.